The third kappa shape index (κ3) is 4.04. The van der Waals surface area contributed by atoms with Crippen molar-refractivity contribution in [1.29, 1.82) is 0 Å². The van der Waals surface area contributed by atoms with E-state index >= 15 is 0 Å². The van der Waals surface area contributed by atoms with Crippen molar-refractivity contribution < 1.29 is 31.2 Å². The van der Waals surface area contributed by atoms with Crippen molar-refractivity contribution in [1.82, 2.24) is 0 Å². The summed E-state index contributed by atoms with van der Waals surface area (Å²) >= 11 is 0. The number of hydrogen-bond acceptors (Lipinski definition) is 3. The summed E-state index contributed by atoms with van der Waals surface area (Å²) in [5.41, 5.74) is -1.40. The van der Waals surface area contributed by atoms with Crippen molar-refractivity contribution in [3.05, 3.63) is 35.4 Å². The second kappa shape index (κ2) is 6.70. The fraction of sp³-hybridized carbons (Fsp3) is 0.500. The van der Waals surface area contributed by atoms with Crippen molar-refractivity contribution in [3.63, 3.8) is 0 Å². The van der Waals surface area contributed by atoms with E-state index in [0.29, 0.717) is 6.07 Å². The number of alkyl halides is 4. The minimum absolute atomic E-state index is 0.0728. The van der Waals surface area contributed by atoms with Gasteiger partial charge in [-0.15, -0.1) is 0 Å². The Morgan fingerprint density at radius 1 is 1.20 bits per heavy atom. The van der Waals surface area contributed by atoms with E-state index < -0.39 is 25.2 Å². The molecule has 0 aliphatic heterocycles. The average Bonchev–Trinajstić information content (AvgIpc) is 2.37. The van der Waals surface area contributed by atoms with E-state index in [4.69, 9.17) is 9.05 Å². The highest BCUT2D eigenvalue weighted by Gasteiger charge is 2.39. The highest BCUT2D eigenvalue weighted by atomic mass is 31.2. The minimum Gasteiger partial charge on any atom is -0.307 e. The molecule has 0 heterocycles. The molecule has 8 heteroatoms. The van der Waals surface area contributed by atoms with Crippen LogP contribution >= 0.6 is 7.60 Å². The van der Waals surface area contributed by atoms with Gasteiger partial charge in [-0.05, 0) is 31.5 Å². The van der Waals surface area contributed by atoms with Gasteiger partial charge >= 0.3 is 13.8 Å². The Morgan fingerprint density at radius 2 is 1.75 bits per heavy atom. The Morgan fingerprint density at radius 3 is 2.20 bits per heavy atom. The van der Waals surface area contributed by atoms with E-state index in [1.807, 2.05) is 0 Å². The Bertz CT molecular complexity index is 480. The first-order chi connectivity index (χ1) is 9.24. The lowest BCUT2D eigenvalue weighted by molar-refractivity contribution is -0.137. The Balaban J connectivity index is 3.12. The molecule has 0 spiro atoms. The summed E-state index contributed by atoms with van der Waals surface area (Å²) in [5.74, 6) is -2.26. The predicted molar refractivity (Wildman–Crippen MR) is 66.2 cm³/mol. The molecule has 1 unspecified atom stereocenters. The van der Waals surface area contributed by atoms with Crippen LogP contribution in [0.5, 0.6) is 0 Å². The summed E-state index contributed by atoms with van der Waals surface area (Å²) in [6.45, 7) is 2.84. The lowest BCUT2D eigenvalue weighted by Gasteiger charge is -2.21. The third-order valence-corrected chi connectivity index (χ3v) is 4.47. The second-order valence-corrected chi connectivity index (χ2v) is 5.88. The molecule has 1 aromatic carbocycles. The first kappa shape index (κ1) is 17.1. The van der Waals surface area contributed by atoms with Gasteiger partial charge in [0.1, 0.15) is 0 Å². The standard InChI is InChI=1S/C12H15F4O3P/c1-3-18-20(17,19-4-2)11(13)9-6-5-7-10(8-9)12(14,15)16/h5-8,11H,3-4H2,1-2H3. The smallest absolute Gasteiger partial charge is 0.307 e. The summed E-state index contributed by atoms with van der Waals surface area (Å²) in [6.07, 6.45) is -4.60. The van der Waals surface area contributed by atoms with Gasteiger partial charge in [0, 0.05) is 0 Å². The Hall–Kier alpha value is -0.910. The van der Waals surface area contributed by atoms with Gasteiger partial charge in [0.2, 0.25) is 5.91 Å². The van der Waals surface area contributed by atoms with Crippen LogP contribution < -0.4 is 0 Å². The molecule has 0 aliphatic carbocycles. The van der Waals surface area contributed by atoms with E-state index in [-0.39, 0.29) is 18.8 Å². The van der Waals surface area contributed by atoms with Crippen LogP contribution in [-0.4, -0.2) is 13.2 Å². The predicted octanol–water partition coefficient (Wildman–Crippen LogP) is 4.94. The maximum absolute atomic E-state index is 14.2. The van der Waals surface area contributed by atoms with Crippen LogP contribution in [0, 0.1) is 0 Å². The highest BCUT2D eigenvalue weighted by molar-refractivity contribution is 7.54. The van der Waals surface area contributed by atoms with Gasteiger partial charge in [0.25, 0.3) is 0 Å². The van der Waals surface area contributed by atoms with E-state index in [1.54, 1.807) is 0 Å². The SMILES string of the molecule is CCOP(=O)(OCC)C(F)c1cccc(C(F)(F)F)c1. The highest BCUT2D eigenvalue weighted by Crippen LogP contribution is 2.61. The number of rotatable bonds is 6. The van der Waals surface area contributed by atoms with Crippen molar-refractivity contribution in [2.75, 3.05) is 13.2 Å². The van der Waals surface area contributed by atoms with E-state index in [1.165, 1.54) is 13.8 Å². The molecule has 0 N–H and O–H groups in total. The van der Waals surface area contributed by atoms with Gasteiger partial charge < -0.3 is 9.05 Å². The van der Waals surface area contributed by atoms with Crippen molar-refractivity contribution in [3.8, 4) is 0 Å². The molecule has 0 radical (unpaired) electrons. The Kier molecular flexibility index (Phi) is 5.74. The quantitative estimate of drug-likeness (QED) is 0.551. The van der Waals surface area contributed by atoms with Gasteiger partial charge in [-0.25, -0.2) is 4.39 Å². The molecule has 0 saturated heterocycles. The zero-order chi connectivity index (χ0) is 15.4. The third-order valence-electron chi connectivity index (χ3n) is 2.38. The van der Waals surface area contributed by atoms with E-state index in [0.717, 1.165) is 18.2 Å². The summed E-state index contributed by atoms with van der Waals surface area (Å²) in [7, 11) is -4.14. The first-order valence-electron chi connectivity index (χ1n) is 5.94. The zero-order valence-corrected chi connectivity index (χ0v) is 11.9. The molecular formula is C12H15F4O3P. The van der Waals surface area contributed by atoms with Crippen LogP contribution in [-0.2, 0) is 19.8 Å². The van der Waals surface area contributed by atoms with Crippen LogP contribution in [0.4, 0.5) is 17.6 Å². The van der Waals surface area contributed by atoms with Crippen LogP contribution in [0.25, 0.3) is 0 Å². The summed E-state index contributed by atoms with van der Waals surface area (Å²) in [4.78, 5) is 0. The fourth-order valence-electron chi connectivity index (χ4n) is 1.57. The van der Waals surface area contributed by atoms with Crippen LogP contribution in [0.1, 0.15) is 30.9 Å². The molecule has 114 valence electrons. The zero-order valence-electron chi connectivity index (χ0n) is 11.0. The monoisotopic (exact) mass is 314 g/mol. The Labute approximate surface area is 114 Å². The summed E-state index contributed by atoms with van der Waals surface area (Å²) in [6, 6.07) is 3.58. The van der Waals surface area contributed by atoms with Crippen LogP contribution in [0.2, 0.25) is 0 Å². The molecule has 0 aliphatic rings. The minimum atomic E-state index is -4.60. The summed E-state index contributed by atoms with van der Waals surface area (Å²) in [5, 5.41) is 0. The van der Waals surface area contributed by atoms with Gasteiger partial charge in [-0.1, -0.05) is 12.1 Å². The lowest BCUT2D eigenvalue weighted by Crippen LogP contribution is -2.07. The molecule has 1 aromatic rings. The molecule has 0 aromatic heterocycles. The normalized spacial score (nSPS) is 14.3. The molecular weight excluding hydrogens is 299 g/mol. The van der Waals surface area contributed by atoms with Gasteiger partial charge in [-0.3, -0.25) is 4.57 Å². The maximum atomic E-state index is 14.2. The van der Waals surface area contributed by atoms with E-state index in [9.17, 15) is 22.1 Å². The van der Waals surface area contributed by atoms with Gasteiger partial charge in [-0.2, -0.15) is 13.2 Å². The molecule has 3 nitrogen and oxygen atoms in total. The molecule has 1 atom stereocenters. The van der Waals surface area contributed by atoms with Gasteiger partial charge in [0.15, 0.2) is 0 Å². The second-order valence-electron chi connectivity index (χ2n) is 3.83. The molecule has 0 amide bonds. The van der Waals surface area contributed by atoms with Crippen LogP contribution in [0.3, 0.4) is 0 Å². The largest absolute Gasteiger partial charge is 0.416 e. The number of benzene rings is 1. The first-order valence-corrected chi connectivity index (χ1v) is 7.55. The summed E-state index contributed by atoms with van der Waals surface area (Å²) < 4.78 is 73.7. The topological polar surface area (TPSA) is 35.5 Å². The fourth-order valence-corrected chi connectivity index (χ4v) is 3.16. The van der Waals surface area contributed by atoms with E-state index in [2.05, 4.69) is 0 Å². The molecule has 0 bridgehead atoms. The van der Waals surface area contributed by atoms with Crippen LogP contribution in [0.15, 0.2) is 24.3 Å². The molecule has 0 saturated carbocycles. The molecule has 0 fully saturated rings. The average molecular weight is 314 g/mol. The molecule has 20 heavy (non-hydrogen) atoms. The number of hydrogen-bond donors (Lipinski definition) is 0. The van der Waals surface area contributed by atoms with Crippen molar-refractivity contribution in [2.24, 2.45) is 0 Å². The lowest BCUT2D eigenvalue weighted by atomic mass is 10.1. The molecule has 1 rings (SSSR count). The number of halogens is 4. The van der Waals surface area contributed by atoms with Crippen molar-refractivity contribution in [2.45, 2.75) is 25.9 Å². The van der Waals surface area contributed by atoms with Gasteiger partial charge in [0.05, 0.1) is 18.8 Å². The van der Waals surface area contributed by atoms with Crippen molar-refractivity contribution >= 4 is 7.60 Å². The maximum Gasteiger partial charge on any atom is 0.416 e.